The summed E-state index contributed by atoms with van der Waals surface area (Å²) in [4.78, 5) is 2.76. The van der Waals surface area contributed by atoms with Gasteiger partial charge in [-0.15, -0.1) is 0 Å². The van der Waals surface area contributed by atoms with Gasteiger partial charge in [-0.1, -0.05) is 21.6 Å². The van der Waals surface area contributed by atoms with Crippen molar-refractivity contribution in [2.45, 2.75) is 9.79 Å². The van der Waals surface area contributed by atoms with Crippen LogP contribution in [0.4, 0.5) is 0 Å². The molecule has 24 heavy (non-hydrogen) atoms. The maximum absolute atomic E-state index is 2.49. The highest BCUT2D eigenvalue weighted by atomic mass is 127. The SMILES string of the molecule is Ic1c(I)c(I)c(SSc2c(I)c(I)c(I)c(I)c2I)c(I)c1I. The summed E-state index contributed by atoms with van der Waals surface area (Å²) in [5, 5.41) is 0. The van der Waals surface area contributed by atoms with E-state index in [0.717, 1.165) is 0 Å². The molecule has 0 N–H and O–H groups in total. The molecule has 0 aromatic heterocycles. The van der Waals surface area contributed by atoms with E-state index in [-0.39, 0.29) is 0 Å². The summed E-state index contributed by atoms with van der Waals surface area (Å²) in [6.45, 7) is 0. The molecule has 0 unspecified atom stereocenters. The van der Waals surface area contributed by atoms with Crippen LogP contribution in [0.2, 0.25) is 0 Å². The van der Waals surface area contributed by atoms with Crippen LogP contribution in [0.25, 0.3) is 0 Å². The molecule has 0 amide bonds. The first-order valence-corrected chi connectivity index (χ1v) is 18.4. The lowest BCUT2D eigenvalue weighted by atomic mass is 10.4. The minimum absolute atomic E-state index is 1.36. The lowest BCUT2D eigenvalue weighted by Crippen LogP contribution is -1.99. The van der Waals surface area contributed by atoms with Gasteiger partial charge in [0.1, 0.15) is 0 Å². The third-order valence-electron chi connectivity index (χ3n) is 2.55. The van der Waals surface area contributed by atoms with Crippen LogP contribution in [-0.4, -0.2) is 0 Å². The molecule has 2 aromatic rings. The Hall–Kier alpha value is 6.44. The summed E-state index contributed by atoms with van der Waals surface area (Å²) in [5.41, 5.74) is 0. The molecule has 0 aliphatic rings. The first kappa shape index (κ1) is 26.7. The first-order chi connectivity index (χ1) is 11.1. The predicted molar refractivity (Wildman–Crippen MR) is 192 cm³/mol. The van der Waals surface area contributed by atoms with Crippen LogP contribution in [0.15, 0.2) is 9.79 Å². The van der Waals surface area contributed by atoms with Crippen molar-refractivity contribution >= 4 is 247 Å². The molecule has 0 atom stereocenters. The summed E-state index contributed by atoms with van der Waals surface area (Å²) in [6, 6.07) is 0. The van der Waals surface area contributed by atoms with Crippen LogP contribution in [0, 0.1) is 35.7 Å². The first-order valence-electron chi connectivity index (χ1n) is 5.46. The summed E-state index contributed by atoms with van der Waals surface area (Å²) >= 11 is 24.7. The monoisotopic (exact) mass is 1480 g/mol. The Labute approximate surface area is 285 Å². The van der Waals surface area contributed by atoms with Crippen molar-refractivity contribution in [2.75, 3.05) is 0 Å². The average molecular weight is 1480 g/mol. The molecular formula is C12I10S2. The third kappa shape index (κ3) is 6.06. The van der Waals surface area contributed by atoms with E-state index in [4.69, 9.17) is 0 Å². The summed E-state index contributed by atoms with van der Waals surface area (Å²) in [7, 11) is 3.77. The third-order valence-corrected chi connectivity index (χ3v) is 25.5. The zero-order valence-corrected chi connectivity index (χ0v) is 33.8. The van der Waals surface area contributed by atoms with Crippen molar-refractivity contribution in [3.63, 3.8) is 0 Å². The summed E-state index contributed by atoms with van der Waals surface area (Å²) in [6.07, 6.45) is 0. The smallest absolute Gasteiger partial charge is 0.0475 e. The summed E-state index contributed by atoms with van der Waals surface area (Å²) in [5.74, 6) is 0. The van der Waals surface area contributed by atoms with Gasteiger partial charge in [0.25, 0.3) is 0 Å². The Kier molecular flexibility index (Phi) is 13.4. The maximum atomic E-state index is 2.49. The van der Waals surface area contributed by atoms with E-state index in [9.17, 15) is 0 Å². The minimum Gasteiger partial charge on any atom is -0.0502 e. The fourth-order valence-electron chi connectivity index (χ4n) is 1.40. The van der Waals surface area contributed by atoms with Crippen LogP contribution in [0.5, 0.6) is 0 Å². The largest absolute Gasteiger partial charge is 0.0502 e. The van der Waals surface area contributed by atoms with Gasteiger partial charge in [0, 0.05) is 45.5 Å². The number of benzene rings is 2. The fraction of sp³-hybridized carbons (Fsp3) is 0. The van der Waals surface area contributed by atoms with E-state index >= 15 is 0 Å². The Balaban J connectivity index is 2.48. The number of rotatable bonds is 3. The van der Waals surface area contributed by atoms with Crippen LogP contribution in [0.3, 0.4) is 0 Å². The zero-order valence-electron chi connectivity index (χ0n) is 10.6. The van der Waals surface area contributed by atoms with Gasteiger partial charge >= 0.3 is 0 Å². The molecular weight excluding hydrogens is 1480 g/mol. The van der Waals surface area contributed by atoms with Gasteiger partial charge in [-0.25, -0.2) is 0 Å². The minimum atomic E-state index is 1.36. The van der Waals surface area contributed by atoms with E-state index in [0.29, 0.717) is 0 Å². The van der Waals surface area contributed by atoms with Gasteiger partial charge in [-0.05, 0) is 226 Å². The van der Waals surface area contributed by atoms with Gasteiger partial charge in [-0.2, -0.15) is 0 Å². The molecule has 0 heterocycles. The summed E-state index contributed by atoms with van der Waals surface area (Å²) < 4.78 is 13.6. The Morgan fingerprint density at radius 2 is 0.458 bits per heavy atom. The van der Waals surface area contributed by atoms with Crippen LogP contribution < -0.4 is 0 Å². The predicted octanol–water partition coefficient (Wildman–Crippen LogP) is 10.5. The number of hydrogen-bond acceptors (Lipinski definition) is 2. The fourth-order valence-corrected chi connectivity index (χ4v) is 17.1. The van der Waals surface area contributed by atoms with E-state index in [1.54, 1.807) is 0 Å². The highest BCUT2D eigenvalue weighted by Crippen LogP contribution is 2.49. The van der Waals surface area contributed by atoms with E-state index < -0.39 is 0 Å². The van der Waals surface area contributed by atoms with Crippen LogP contribution in [-0.2, 0) is 0 Å². The molecule has 12 heteroatoms. The van der Waals surface area contributed by atoms with Crippen molar-refractivity contribution < 1.29 is 0 Å². The molecule has 0 saturated heterocycles. The Morgan fingerprint density at radius 3 is 0.667 bits per heavy atom. The molecule has 0 aliphatic carbocycles. The Morgan fingerprint density at radius 1 is 0.292 bits per heavy atom. The van der Waals surface area contributed by atoms with Crippen molar-refractivity contribution in [1.82, 2.24) is 0 Å². The molecule has 0 nitrogen and oxygen atoms in total. The second-order valence-electron chi connectivity index (χ2n) is 3.96. The molecule has 0 fully saturated rings. The molecule has 0 aliphatic heterocycles. The lowest BCUT2D eigenvalue weighted by Gasteiger charge is -2.15. The second-order valence-corrected chi connectivity index (χ2v) is 16.9. The maximum Gasteiger partial charge on any atom is 0.0475 e. The van der Waals surface area contributed by atoms with Gasteiger partial charge in [0.15, 0.2) is 0 Å². The molecule has 0 spiro atoms. The molecule has 2 rings (SSSR count). The van der Waals surface area contributed by atoms with Crippen LogP contribution >= 0.6 is 247 Å². The average Bonchev–Trinajstić information content (AvgIpc) is 2.57. The second kappa shape index (κ2) is 12.1. The Bertz CT molecular complexity index is 708. The van der Waals surface area contributed by atoms with E-state index in [1.165, 1.54) is 45.5 Å². The molecule has 0 bridgehead atoms. The quantitative estimate of drug-likeness (QED) is 0.130. The number of halogens is 10. The normalized spacial score (nSPS) is 11.2. The zero-order chi connectivity index (χ0) is 18.3. The van der Waals surface area contributed by atoms with Crippen molar-refractivity contribution in [3.05, 3.63) is 35.7 Å². The lowest BCUT2D eigenvalue weighted by molar-refractivity contribution is 1.27. The topological polar surface area (TPSA) is 0 Å². The van der Waals surface area contributed by atoms with Gasteiger partial charge in [0.05, 0.1) is 0 Å². The van der Waals surface area contributed by atoms with Crippen LogP contribution in [0.1, 0.15) is 0 Å². The van der Waals surface area contributed by atoms with Gasteiger partial charge in [-0.3, -0.25) is 0 Å². The molecule has 2 aromatic carbocycles. The molecule has 0 radical (unpaired) electrons. The highest BCUT2D eigenvalue weighted by molar-refractivity contribution is 14.1. The highest BCUT2D eigenvalue weighted by Gasteiger charge is 2.21. The number of hydrogen-bond donors (Lipinski definition) is 0. The van der Waals surface area contributed by atoms with Crippen molar-refractivity contribution in [3.8, 4) is 0 Å². The van der Waals surface area contributed by atoms with E-state index in [1.807, 2.05) is 21.6 Å². The van der Waals surface area contributed by atoms with Gasteiger partial charge < -0.3 is 0 Å². The molecule has 0 saturated carbocycles. The van der Waals surface area contributed by atoms with Gasteiger partial charge in [0.2, 0.25) is 0 Å². The standard InChI is InChI=1S/C12I10S2/c13-1-3(15)7(19)11(8(20)4(1)16)23-24-12-9(21)5(17)2(14)6(18)10(12)22. The molecule has 130 valence electrons. The van der Waals surface area contributed by atoms with E-state index in [2.05, 4.69) is 226 Å². The van der Waals surface area contributed by atoms with Crippen molar-refractivity contribution in [1.29, 1.82) is 0 Å². The van der Waals surface area contributed by atoms with Crippen molar-refractivity contribution in [2.24, 2.45) is 0 Å².